The number of amides is 2. The maximum atomic E-state index is 12.6. The first-order valence-corrected chi connectivity index (χ1v) is 9.04. The van der Waals surface area contributed by atoms with Crippen LogP contribution >= 0.6 is 0 Å². The number of nitrogens with zero attached hydrogens (tertiary/aromatic N) is 2. The van der Waals surface area contributed by atoms with Gasteiger partial charge < -0.3 is 20.4 Å². The van der Waals surface area contributed by atoms with Gasteiger partial charge in [0.05, 0.1) is 12.5 Å². The fourth-order valence-electron chi connectivity index (χ4n) is 2.97. The molecular weight excluding hydrogens is 316 g/mol. The summed E-state index contributed by atoms with van der Waals surface area (Å²) < 4.78 is 0. The van der Waals surface area contributed by atoms with Gasteiger partial charge in [0.15, 0.2) is 0 Å². The van der Waals surface area contributed by atoms with Gasteiger partial charge in [-0.3, -0.25) is 9.59 Å². The molecule has 1 aromatic rings. The van der Waals surface area contributed by atoms with Gasteiger partial charge in [-0.05, 0) is 32.5 Å². The SMILES string of the molecule is CN(C)CCNC(=O)CC1NCCN(CCCc2ccccc2)C1=O. The van der Waals surface area contributed by atoms with Crippen LogP contribution in [-0.2, 0) is 16.0 Å². The van der Waals surface area contributed by atoms with Crippen LogP contribution < -0.4 is 10.6 Å². The predicted octanol–water partition coefficient (Wildman–Crippen LogP) is 0.488. The molecule has 25 heavy (non-hydrogen) atoms. The van der Waals surface area contributed by atoms with E-state index in [4.69, 9.17) is 0 Å². The van der Waals surface area contributed by atoms with Crippen molar-refractivity contribution in [2.75, 3.05) is 46.8 Å². The molecule has 138 valence electrons. The van der Waals surface area contributed by atoms with Crippen LogP contribution in [0.1, 0.15) is 18.4 Å². The van der Waals surface area contributed by atoms with Gasteiger partial charge in [-0.25, -0.2) is 0 Å². The van der Waals surface area contributed by atoms with Gasteiger partial charge in [-0.15, -0.1) is 0 Å². The Bertz CT molecular complexity index is 548. The molecule has 2 N–H and O–H groups in total. The molecule has 0 aromatic heterocycles. The summed E-state index contributed by atoms with van der Waals surface area (Å²) in [5, 5.41) is 6.04. The molecule has 1 fully saturated rings. The van der Waals surface area contributed by atoms with E-state index in [0.717, 1.165) is 32.5 Å². The first-order valence-electron chi connectivity index (χ1n) is 9.04. The zero-order chi connectivity index (χ0) is 18.1. The van der Waals surface area contributed by atoms with Gasteiger partial charge in [0.2, 0.25) is 11.8 Å². The number of rotatable bonds is 9. The van der Waals surface area contributed by atoms with E-state index in [9.17, 15) is 9.59 Å². The van der Waals surface area contributed by atoms with E-state index in [0.29, 0.717) is 13.1 Å². The first-order chi connectivity index (χ1) is 12.1. The maximum absolute atomic E-state index is 12.6. The fourth-order valence-corrected chi connectivity index (χ4v) is 2.97. The lowest BCUT2D eigenvalue weighted by Gasteiger charge is -2.33. The average Bonchev–Trinajstić information content (AvgIpc) is 2.59. The topological polar surface area (TPSA) is 64.7 Å². The van der Waals surface area contributed by atoms with E-state index >= 15 is 0 Å². The van der Waals surface area contributed by atoms with Crippen molar-refractivity contribution < 1.29 is 9.59 Å². The highest BCUT2D eigenvalue weighted by Gasteiger charge is 2.29. The normalized spacial score (nSPS) is 17.8. The molecule has 0 bridgehead atoms. The highest BCUT2D eigenvalue weighted by molar-refractivity contribution is 5.88. The molecule has 1 saturated heterocycles. The number of nitrogens with one attached hydrogen (secondary N) is 2. The largest absolute Gasteiger partial charge is 0.355 e. The molecule has 1 aliphatic rings. The number of carbonyl (C=O) groups is 2. The van der Waals surface area contributed by atoms with Crippen molar-refractivity contribution >= 4 is 11.8 Å². The Balaban J connectivity index is 1.73. The second-order valence-corrected chi connectivity index (χ2v) is 6.78. The lowest BCUT2D eigenvalue weighted by molar-refractivity contribution is -0.138. The van der Waals surface area contributed by atoms with Crippen molar-refractivity contribution in [1.29, 1.82) is 0 Å². The van der Waals surface area contributed by atoms with Crippen LogP contribution in [0.5, 0.6) is 0 Å². The van der Waals surface area contributed by atoms with Crippen molar-refractivity contribution in [3.05, 3.63) is 35.9 Å². The standard InChI is InChI=1S/C19H30N4O2/c1-22(2)13-10-21-18(24)15-17-19(25)23(14-11-20-17)12-6-9-16-7-4-3-5-8-16/h3-5,7-8,17,20H,6,9-15H2,1-2H3,(H,21,24). The summed E-state index contributed by atoms with van der Waals surface area (Å²) in [6, 6.07) is 9.91. The third-order valence-corrected chi connectivity index (χ3v) is 4.39. The molecule has 0 radical (unpaired) electrons. The molecule has 6 nitrogen and oxygen atoms in total. The smallest absolute Gasteiger partial charge is 0.240 e. The Morgan fingerprint density at radius 1 is 1.32 bits per heavy atom. The molecule has 2 amide bonds. The van der Waals surface area contributed by atoms with Crippen molar-refractivity contribution in [3.8, 4) is 0 Å². The Morgan fingerprint density at radius 3 is 2.80 bits per heavy atom. The van der Waals surface area contributed by atoms with Crippen LogP contribution in [0, 0.1) is 0 Å². The Labute approximate surface area is 150 Å². The summed E-state index contributed by atoms with van der Waals surface area (Å²) >= 11 is 0. The minimum Gasteiger partial charge on any atom is -0.355 e. The van der Waals surface area contributed by atoms with Gasteiger partial charge >= 0.3 is 0 Å². The van der Waals surface area contributed by atoms with E-state index in [1.807, 2.05) is 42.1 Å². The molecule has 2 rings (SSSR count). The van der Waals surface area contributed by atoms with E-state index in [-0.39, 0.29) is 18.2 Å². The monoisotopic (exact) mass is 346 g/mol. The van der Waals surface area contributed by atoms with E-state index in [1.54, 1.807) is 0 Å². The second-order valence-electron chi connectivity index (χ2n) is 6.78. The van der Waals surface area contributed by atoms with Gasteiger partial charge in [-0.1, -0.05) is 30.3 Å². The number of piperazine rings is 1. The molecule has 0 spiro atoms. The van der Waals surface area contributed by atoms with Gasteiger partial charge in [0.25, 0.3) is 0 Å². The third-order valence-electron chi connectivity index (χ3n) is 4.39. The quantitative estimate of drug-likeness (QED) is 0.683. The molecule has 6 heteroatoms. The number of carbonyl (C=O) groups excluding carboxylic acids is 2. The van der Waals surface area contributed by atoms with Crippen LogP contribution in [0.15, 0.2) is 30.3 Å². The number of likely N-dealkylation sites (N-methyl/N-ethyl adjacent to an activating group) is 1. The Kier molecular flexibility index (Phi) is 7.88. The van der Waals surface area contributed by atoms with Crippen molar-refractivity contribution in [2.45, 2.75) is 25.3 Å². The molecular formula is C19H30N4O2. The zero-order valence-corrected chi connectivity index (χ0v) is 15.3. The van der Waals surface area contributed by atoms with Crippen molar-refractivity contribution in [2.24, 2.45) is 0 Å². The summed E-state index contributed by atoms with van der Waals surface area (Å²) in [6.07, 6.45) is 2.12. The summed E-state index contributed by atoms with van der Waals surface area (Å²) in [5.41, 5.74) is 1.29. The van der Waals surface area contributed by atoms with Crippen molar-refractivity contribution in [1.82, 2.24) is 20.4 Å². The highest BCUT2D eigenvalue weighted by atomic mass is 16.2. The third kappa shape index (κ3) is 6.84. The fraction of sp³-hybridized carbons (Fsp3) is 0.579. The number of hydrogen-bond donors (Lipinski definition) is 2. The predicted molar refractivity (Wildman–Crippen MR) is 99.3 cm³/mol. The van der Waals surface area contributed by atoms with Crippen LogP contribution in [0.3, 0.4) is 0 Å². The molecule has 1 atom stereocenters. The number of benzene rings is 1. The molecule has 1 heterocycles. The lowest BCUT2D eigenvalue weighted by Crippen LogP contribution is -2.56. The van der Waals surface area contributed by atoms with Gasteiger partial charge in [-0.2, -0.15) is 0 Å². The van der Waals surface area contributed by atoms with Crippen LogP contribution in [-0.4, -0.2) is 74.5 Å². The van der Waals surface area contributed by atoms with Crippen LogP contribution in [0.4, 0.5) is 0 Å². The Morgan fingerprint density at radius 2 is 2.08 bits per heavy atom. The molecule has 0 saturated carbocycles. The maximum Gasteiger partial charge on any atom is 0.240 e. The first kappa shape index (κ1) is 19.4. The summed E-state index contributed by atoms with van der Waals surface area (Å²) in [6.45, 7) is 3.60. The summed E-state index contributed by atoms with van der Waals surface area (Å²) in [5.74, 6) is -0.0269. The molecule has 0 aliphatic carbocycles. The molecule has 1 aromatic carbocycles. The lowest BCUT2D eigenvalue weighted by atomic mass is 10.1. The average molecular weight is 346 g/mol. The zero-order valence-electron chi connectivity index (χ0n) is 15.3. The summed E-state index contributed by atoms with van der Waals surface area (Å²) in [4.78, 5) is 28.5. The Hall–Kier alpha value is -1.92. The number of aryl methyl sites for hydroxylation is 1. The van der Waals surface area contributed by atoms with E-state index < -0.39 is 6.04 Å². The minimum absolute atomic E-state index is 0.0436. The van der Waals surface area contributed by atoms with Crippen LogP contribution in [0.25, 0.3) is 0 Å². The molecule has 1 unspecified atom stereocenters. The highest BCUT2D eigenvalue weighted by Crippen LogP contribution is 2.08. The minimum atomic E-state index is -0.398. The van der Waals surface area contributed by atoms with Crippen LogP contribution in [0.2, 0.25) is 0 Å². The number of hydrogen-bond acceptors (Lipinski definition) is 4. The van der Waals surface area contributed by atoms with E-state index in [2.05, 4.69) is 22.8 Å². The van der Waals surface area contributed by atoms with Crippen molar-refractivity contribution in [3.63, 3.8) is 0 Å². The van der Waals surface area contributed by atoms with E-state index in [1.165, 1.54) is 5.56 Å². The van der Waals surface area contributed by atoms with Gasteiger partial charge in [0, 0.05) is 32.7 Å². The second kappa shape index (κ2) is 10.2. The summed E-state index contributed by atoms with van der Waals surface area (Å²) in [7, 11) is 3.93. The molecule has 1 aliphatic heterocycles. The van der Waals surface area contributed by atoms with Gasteiger partial charge in [0.1, 0.15) is 0 Å².